The van der Waals surface area contributed by atoms with Crippen LogP contribution in [0.15, 0.2) is 30.3 Å². The molecule has 0 radical (unpaired) electrons. The van der Waals surface area contributed by atoms with Gasteiger partial charge < -0.3 is 0 Å². The maximum Gasteiger partial charge on any atom is 0.0236 e. The first-order valence-corrected chi connectivity index (χ1v) is 7.21. The average molecular weight is 229 g/mol. The smallest absolute Gasteiger partial charge is 0.0236 e. The number of likely N-dealkylation sites (tertiary alicyclic amines) is 1. The van der Waals surface area contributed by atoms with Gasteiger partial charge in [-0.2, -0.15) is 0 Å². The number of piperidine rings is 1. The molecule has 3 rings (SSSR count). The molecule has 0 amide bonds. The van der Waals surface area contributed by atoms with Crippen molar-refractivity contribution in [1.29, 1.82) is 0 Å². The molecule has 1 aromatic rings. The van der Waals surface area contributed by atoms with E-state index in [0.717, 1.165) is 12.0 Å². The van der Waals surface area contributed by atoms with Crippen LogP contribution in [0.25, 0.3) is 0 Å². The highest BCUT2D eigenvalue weighted by Gasteiger charge is 2.32. The van der Waals surface area contributed by atoms with E-state index in [4.69, 9.17) is 0 Å². The molecule has 17 heavy (non-hydrogen) atoms. The number of nitrogens with zero attached hydrogens (tertiary/aromatic N) is 1. The van der Waals surface area contributed by atoms with Crippen LogP contribution >= 0.6 is 0 Å². The van der Waals surface area contributed by atoms with Crippen molar-refractivity contribution in [2.75, 3.05) is 6.54 Å². The second-order valence-electron chi connectivity index (χ2n) is 5.71. The number of hydrogen-bond acceptors (Lipinski definition) is 1. The molecule has 0 aromatic heterocycles. The average Bonchev–Trinajstić information content (AvgIpc) is 2.40. The Hall–Kier alpha value is -0.820. The van der Waals surface area contributed by atoms with Crippen molar-refractivity contribution in [3.63, 3.8) is 0 Å². The van der Waals surface area contributed by atoms with Crippen LogP contribution in [-0.4, -0.2) is 17.5 Å². The summed E-state index contributed by atoms with van der Waals surface area (Å²) in [6.45, 7) is 2.48. The molecule has 2 atom stereocenters. The molecule has 1 nitrogen and oxygen atoms in total. The maximum atomic E-state index is 2.75. The molecule has 1 heterocycles. The largest absolute Gasteiger partial charge is 0.296 e. The predicted octanol–water partition coefficient (Wildman–Crippen LogP) is 3.84. The van der Waals surface area contributed by atoms with Gasteiger partial charge in [-0.25, -0.2) is 0 Å². The number of benzene rings is 1. The standard InChI is InChI=1S/C16H23N/c1-2-7-14(8-3-1)13-17-12-6-10-15-9-4-5-11-16(15)17/h1-3,7-8,15-16H,4-6,9-13H2. The first kappa shape index (κ1) is 11.3. The number of hydrogen-bond donors (Lipinski definition) is 0. The summed E-state index contributed by atoms with van der Waals surface area (Å²) >= 11 is 0. The van der Waals surface area contributed by atoms with Crippen LogP contribution in [0.1, 0.15) is 44.1 Å². The monoisotopic (exact) mass is 229 g/mol. The van der Waals surface area contributed by atoms with Gasteiger partial charge in [0.2, 0.25) is 0 Å². The second kappa shape index (κ2) is 5.22. The molecule has 1 heteroatoms. The van der Waals surface area contributed by atoms with Crippen molar-refractivity contribution in [2.24, 2.45) is 5.92 Å². The Labute approximate surface area is 105 Å². The summed E-state index contributed by atoms with van der Waals surface area (Å²) in [5.41, 5.74) is 1.48. The molecule has 1 aromatic carbocycles. The Bertz CT molecular complexity index is 344. The molecule has 1 saturated heterocycles. The van der Waals surface area contributed by atoms with Crippen molar-refractivity contribution in [2.45, 2.75) is 51.1 Å². The summed E-state index contributed by atoms with van der Waals surface area (Å²) in [4.78, 5) is 2.75. The third-order valence-electron chi connectivity index (χ3n) is 4.59. The van der Waals surface area contributed by atoms with E-state index in [0.29, 0.717) is 0 Å². The van der Waals surface area contributed by atoms with E-state index in [1.807, 2.05) is 0 Å². The summed E-state index contributed by atoms with van der Waals surface area (Å²) in [5.74, 6) is 1.00. The minimum atomic E-state index is 0.887. The molecule has 1 saturated carbocycles. The fourth-order valence-corrected chi connectivity index (χ4v) is 3.74. The van der Waals surface area contributed by atoms with Gasteiger partial charge in [-0.1, -0.05) is 43.2 Å². The minimum absolute atomic E-state index is 0.887. The molecular weight excluding hydrogens is 206 g/mol. The van der Waals surface area contributed by atoms with Crippen molar-refractivity contribution in [1.82, 2.24) is 4.90 Å². The summed E-state index contributed by atoms with van der Waals surface area (Å²) in [6, 6.07) is 11.9. The SMILES string of the molecule is c1ccc(CN2CCCC3CCCCC32)cc1. The summed E-state index contributed by atoms with van der Waals surface area (Å²) in [6.07, 6.45) is 8.74. The fourth-order valence-electron chi connectivity index (χ4n) is 3.74. The van der Waals surface area contributed by atoms with Crippen LogP contribution < -0.4 is 0 Å². The topological polar surface area (TPSA) is 3.24 Å². The normalized spacial score (nSPS) is 29.9. The van der Waals surface area contributed by atoms with E-state index in [2.05, 4.69) is 35.2 Å². The first-order chi connectivity index (χ1) is 8.43. The molecule has 0 N–H and O–H groups in total. The van der Waals surface area contributed by atoms with Crippen LogP contribution in [0, 0.1) is 5.92 Å². The fraction of sp³-hybridized carbons (Fsp3) is 0.625. The Morgan fingerprint density at radius 3 is 2.59 bits per heavy atom. The minimum Gasteiger partial charge on any atom is -0.296 e. The van der Waals surface area contributed by atoms with Gasteiger partial charge in [-0.05, 0) is 43.7 Å². The van der Waals surface area contributed by atoms with Gasteiger partial charge in [-0.3, -0.25) is 4.90 Å². The van der Waals surface area contributed by atoms with Crippen LogP contribution in [0.3, 0.4) is 0 Å². The van der Waals surface area contributed by atoms with E-state index in [-0.39, 0.29) is 0 Å². The van der Waals surface area contributed by atoms with Gasteiger partial charge >= 0.3 is 0 Å². The van der Waals surface area contributed by atoms with Crippen LogP contribution in [0.4, 0.5) is 0 Å². The Morgan fingerprint density at radius 2 is 1.71 bits per heavy atom. The lowest BCUT2D eigenvalue weighted by Gasteiger charge is -2.44. The Kier molecular flexibility index (Phi) is 3.46. The highest BCUT2D eigenvalue weighted by atomic mass is 15.2. The highest BCUT2D eigenvalue weighted by molar-refractivity contribution is 5.14. The van der Waals surface area contributed by atoms with Crippen molar-refractivity contribution in [3.05, 3.63) is 35.9 Å². The van der Waals surface area contributed by atoms with E-state index >= 15 is 0 Å². The van der Waals surface area contributed by atoms with Crippen molar-refractivity contribution in [3.8, 4) is 0 Å². The van der Waals surface area contributed by atoms with Crippen LogP contribution in [0.5, 0.6) is 0 Å². The molecule has 2 fully saturated rings. The summed E-state index contributed by atoms with van der Waals surface area (Å²) in [5, 5.41) is 0. The molecule has 0 spiro atoms. The van der Waals surface area contributed by atoms with Crippen LogP contribution in [0.2, 0.25) is 0 Å². The third-order valence-corrected chi connectivity index (χ3v) is 4.59. The predicted molar refractivity (Wildman–Crippen MR) is 71.8 cm³/mol. The van der Waals surface area contributed by atoms with Crippen molar-refractivity contribution < 1.29 is 0 Å². The zero-order chi connectivity index (χ0) is 11.5. The number of rotatable bonds is 2. The zero-order valence-corrected chi connectivity index (χ0v) is 10.6. The van der Waals surface area contributed by atoms with E-state index < -0.39 is 0 Å². The van der Waals surface area contributed by atoms with E-state index in [1.54, 1.807) is 0 Å². The molecule has 92 valence electrons. The lowest BCUT2D eigenvalue weighted by molar-refractivity contribution is 0.0547. The van der Waals surface area contributed by atoms with Crippen molar-refractivity contribution >= 4 is 0 Å². The lowest BCUT2D eigenvalue weighted by atomic mass is 9.78. The molecule has 1 aliphatic heterocycles. The summed E-state index contributed by atoms with van der Waals surface area (Å²) in [7, 11) is 0. The molecule has 1 aliphatic carbocycles. The maximum absolute atomic E-state index is 2.75. The zero-order valence-electron chi connectivity index (χ0n) is 10.6. The van der Waals surface area contributed by atoms with Gasteiger partial charge in [0.25, 0.3) is 0 Å². The number of fused-ring (bicyclic) bond motifs is 1. The van der Waals surface area contributed by atoms with Gasteiger partial charge in [0, 0.05) is 12.6 Å². The molecular formula is C16H23N. The van der Waals surface area contributed by atoms with E-state index in [1.165, 1.54) is 57.2 Å². The third kappa shape index (κ3) is 2.55. The molecule has 2 aliphatic rings. The Balaban J connectivity index is 1.69. The van der Waals surface area contributed by atoms with E-state index in [9.17, 15) is 0 Å². The summed E-state index contributed by atoms with van der Waals surface area (Å²) < 4.78 is 0. The molecule has 2 unspecified atom stereocenters. The first-order valence-electron chi connectivity index (χ1n) is 7.21. The second-order valence-corrected chi connectivity index (χ2v) is 5.71. The Morgan fingerprint density at radius 1 is 0.941 bits per heavy atom. The van der Waals surface area contributed by atoms with Crippen LogP contribution in [-0.2, 0) is 6.54 Å². The molecule has 0 bridgehead atoms. The van der Waals surface area contributed by atoms with Gasteiger partial charge in [0.1, 0.15) is 0 Å². The highest BCUT2D eigenvalue weighted by Crippen LogP contribution is 2.35. The van der Waals surface area contributed by atoms with Gasteiger partial charge in [0.05, 0.1) is 0 Å². The van der Waals surface area contributed by atoms with Gasteiger partial charge in [0.15, 0.2) is 0 Å². The lowest BCUT2D eigenvalue weighted by Crippen LogP contribution is -2.46. The van der Waals surface area contributed by atoms with Gasteiger partial charge in [-0.15, -0.1) is 0 Å². The quantitative estimate of drug-likeness (QED) is 0.744.